The van der Waals surface area contributed by atoms with Gasteiger partial charge in [-0.15, -0.1) is 0 Å². The number of nitrogens with two attached hydrogens (primary N) is 1. The zero-order valence-corrected chi connectivity index (χ0v) is 12.6. The van der Waals surface area contributed by atoms with E-state index in [0.717, 1.165) is 26.2 Å². The molecule has 116 valence electrons. The molecule has 1 heterocycles. The highest BCUT2D eigenvalue weighted by molar-refractivity contribution is 5.80. The van der Waals surface area contributed by atoms with E-state index in [1.165, 1.54) is 0 Å². The Morgan fingerprint density at radius 3 is 2.45 bits per heavy atom. The van der Waals surface area contributed by atoms with Gasteiger partial charge in [-0.3, -0.25) is 9.69 Å². The van der Waals surface area contributed by atoms with Crippen LogP contribution in [0.3, 0.4) is 0 Å². The topological polar surface area (TPSA) is 96.7 Å². The van der Waals surface area contributed by atoms with Crippen LogP contribution >= 0.6 is 0 Å². The minimum atomic E-state index is -0.522. The summed E-state index contributed by atoms with van der Waals surface area (Å²) >= 11 is 0. The van der Waals surface area contributed by atoms with Gasteiger partial charge >= 0.3 is 6.09 Å². The van der Waals surface area contributed by atoms with Gasteiger partial charge in [-0.05, 0) is 27.2 Å². The summed E-state index contributed by atoms with van der Waals surface area (Å²) in [6.07, 6.45) is 0.0234. The Morgan fingerprint density at radius 1 is 1.35 bits per heavy atom. The monoisotopic (exact) mass is 286 g/mol. The third-order valence-electron chi connectivity index (χ3n) is 3.01. The lowest BCUT2D eigenvalue weighted by molar-refractivity contribution is -0.123. The lowest BCUT2D eigenvalue weighted by Gasteiger charge is -2.33. The zero-order chi connectivity index (χ0) is 15.2. The predicted octanol–water partition coefficient (Wildman–Crippen LogP) is -0.340. The summed E-state index contributed by atoms with van der Waals surface area (Å²) in [6.45, 7) is 9.07. The molecule has 1 saturated heterocycles. The van der Waals surface area contributed by atoms with E-state index in [1.54, 1.807) is 20.8 Å². The van der Waals surface area contributed by atoms with Crippen LogP contribution in [0, 0.1) is 0 Å². The fourth-order valence-electron chi connectivity index (χ4n) is 2.12. The number of piperazine rings is 1. The molecule has 7 nitrogen and oxygen atoms in total. The first-order valence-electron chi connectivity index (χ1n) is 7.00. The number of alkyl carbamates (subject to hydrolysis) is 1. The average molecular weight is 286 g/mol. The fraction of sp³-hybridized carbons (Fsp3) is 0.846. The Kier molecular flexibility index (Phi) is 6.22. The van der Waals surface area contributed by atoms with E-state index in [1.807, 2.05) is 0 Å². The van der Waals surface area contributed by atoms with E-state index in [9.17, 15) is 9.59 Å². The van der Waals surface area contributed by atoms with Gasteiger partial charge in [0.2, 0.25) is 5.91 Å². The molecular formula is C13H26N4O3. The van der Waals surface area contributed by atoms with E-state index in [-0.39, 0.29) is 11.9 Å². The Morgan fingerprint density at radius 2 is 1.95 bits per heavy atom. The average Bonchev–Trinajstić information content (AvgIpc) is 2.33. The standard InChI is InChI=1S/C13H26N4O3/c1-13(2,3)20-12(19)16-5-4-10(11(14)18)17-8-6-15-7-9-17/h10,15H,4-9H2,1-3H3,(H2,14,18)(H,16,19). The minimum absolute atomic E-state index is 0.341. The van der Waals surface area contributed by atoms with Gasteiger partial charge in [-0.25, -0.2) is 4.79 Å². The van der Waals surface area contributed by atoms with E-state index >= 15 is 0 Å². The Bertz CT molecular complexity index is 335. The summed E-state index contributed by atoms with van der Waals surface area (Å²) in [5, 5.41) is 5.88. The van der Waals surface area contributed by atoms with Crippen molar-refractivity contribution in [1.82, 2.24) is 15.5 Å². The van der Waals surface area contributed by atoms with Crippen molar-refractivity contribution in [1.29, 1.82) is 0 Å². The SMILES string of the molecule is CC(C)(C)OC(=O)NCCC(C(N)=O)N1CCNCC1. The molecule has 0 aromatic heterocycles. The molecule has 0 aromatic carbocycles. The van der Waals surface area contributed by atoms with Crippen molar-refractivity contribution in [3.8, 4) is 0 Å². The second-order valence-electron chi connectivity index (χ2n) is 5.92. The van der Waals surface area contributed by atoms with Crippen molar-refractivity contribution in [2.45, 2.75) is 38.8 Å². The number of nitrogens with zero attached hydrogens (tertiary/aromatic N) is 1. The number of hydrogen-bond donors (Lipinski definition) is 3. The third-order valence-corrected chi connectivity index (χ3v) is 3.01. The number of rotatable bonds is 5. The van der Waals surface area contributed by atoms with Crippen LogP contribution in [0.4, 0.5) is 4.79 Å². The molecule has 1 atom stereocenters. The molecule has 0 radical (unpaired) electrons. The number of amides is 2. The summed E-state index contributed by atoms with van der Waals surface area (Å²) in [5.74, 6) is -0.349. The maximum atomic E-state index is 11.5. The van der Waals surface area contributed by atoms with Crippen LogP contribution in [0.15, 0.2) is 0 Å². The number of ether oxygens (including phenoxy) is 1. The molecule has 1 rings (SSSR count). The maximum Gasteiger partial charge on any atom is 0.407 e. The normalized spacial score (nSPS) is 18.4. The van der Waals surface area contributed by atoms with Crippen molar-refractivity contribution < 1.29 is 14.3 Å². The molecule has 1 unspecified atom stereocenters. The molecule has 1 aliphatic heterocycles. The molecule has 20 heavy (non-hydrogen) atoms. The number of primary amides is 1. The smallest absolute Gasteiger partial charge is 0.407 e. The van der Waals surface area contributed by atoms with Crippen LogP contribution < -0.4 is 16.4 Å². The maximum absolute atomic E-state index is 11.5. The van der Waals surface area contributed by atoms with Crippen LogP contribution in [-0.2, 0) is 9.53 Å². The molecule has 7 heteroatoms. The van der Waals surface area contributed by atoms with Crippen molar-refractivity contribution in [3.63, 3.8) is 0 Å². The van der Waals surface area contributed by atoms with Crippen LogP contribution in [0.5, 0.6) is 0 Å². The largest absolute Gasteiger partial charge is 0.444 e. The molecule has 0 spiro atoms. The molecular weight excluding hydrogens is 260 g/mol. The van der Waals surface area contributed by atoms with Crippen LogP contribution in [-0.4, -0.2) is 61.3 Å². The summed E-state index contributed by atoms with van der Waals surface area (Å²) in [5.41, 5.74) is 4.92. The zero-order valence-electron chi connectivity index (χ0n) is 12.6. The lowest BCUT2D eigenvalue weighted by atomic mass is 10.1. The molecule has 2 amide bonds. The summed E-state index contributed by atoms with van der Waals surface area (Å²) in [4.78, 5) is 25.1. The van der Waals surface area contributed by atoms with Crippen molar-refractivity contribution in [3.05, 3.63) is 0 Å². The first kappa shape index (κ1) is 16.7. The quantitative estimate of drug-likeness (QED) is 0.642. The number of nitrogens with one attached hydrogen (secondary N) is 2. The van der Waals surface area contributed by atoms with Gasteiger partial charge in [-0.2, -0.15) is 0 Å². The summed E-state index contributed by atoms with van der Waals surface area (Å²) in [6, 6.07) is -0.341. The Balaban J connectivity index is 2.36. The molecule has 0 aromatic rings. The van der Waals surface area contributed by atoms with Crippen molar-refractivity contribution in [2.24, 2.45) is 5.73 Å². The second kappa shape index (κ2) is 7.44. The van der Waals surface area contributed by atoms with Crippen molar-refractivity contribution in [2.75, 3.05) is 32.7 Å². The summed E-state index contributed by atoms with van der Waals surface area (Å²) in [7, 11) is 0. The lowest BCUT2D eigenvalue weighted by Crippen LogP contribution is -2.53. The predicted molar refractivity (Wildman–Crippen MR) is 76.3 cm³/mol. The Hall–Kier alpha value is -1.34. The van der Waals surface area contributed by atoms with Crippen LogP contribution in [0.25, 0.3) is 0 Å². The molecule has 0 saturated carbocycles. The fourth-order valence-corrected chi connectivity index (χ4v) is 2.12. The minimum Gasteiger partial charge on any atom is -0.444 e. The van der Waals surface area contributed by atoms with E-state index in [2.05, 4.69) is 15.5 Å². The molecule has 0 bridgehead atoms. The molecule has 1 fully saturated rings. The number of carbonyl (C=O) groups is 2. The Labute approximate surface area is 120 Å². The van der Waals surface area contributed by atoms with Gasteiger partial charge < -0.3 is 21.1 Å². The first-order chi connectivity index (χ1) is 9.29. The second-order valence-corrected chi connectivity index (χ2v) is 5.92. The summed E-state index contributed by atoms with van der Waals surface area (Å²) < 4.78 is 5.14. The molecule has 0 aliphatic carbocycles. The highest BCUT2D eigenvalue weighted by atomic mass is 16.6. The van der Waals surface area contributed by atoms with E-state index < -0.39 is 11.7 Å². The van der Waals surface area contributed by atoms with Crippen molar-refractivity contribution >= 4 is 12.0 Å². The molecule has 4 N–H and O–H groups in total. The molecule has 1 aliphatic rings. The highest BCUT2D eigenvalue weighted by Crippen LogP contribution is 2.07. The van der Waals surface area contributed by atoms with Gasteiger partial charge in [-0.1, -0.05) is 0 Å². The first-order valence-corrected chi connectivity index (χ1v) is 7.00. The van der Waals surface area contributed by atoms with Gasteiger partial charge in [0.15, 0.2) is 0 Å². The third kappa shape index (κ3) is 6.21. The van der Waals surface area contributed by atoms with Gasteiger partial charge in [0.1, 0.15) is 5.60 Å². The van der Waals surface area contributed by atoms with E-state index in [4.69, 9.17) is 10.5 Å². The van der Waals surface area contributed by atoms with E-state index in [0.29, 0.717) is 13.0 Å². The van der Waals surface area contributed by atoms with Gasteiger partial charge in [0, 0.05) is 32.7 Å². The highest BCUT2D eigenvalue weighted by Gasteiger charge is 2.25. The number of carbonyl (C=O) groups excluding carboxylic acids is 2. The van der Waals surface area contributed by atoms with Crippen LogP contribution in [0.1, 0.15) is 27.2 Å². The van der Waals surface area contributed by atoms with Gasteiger partial charge in [0.25, 0.3) is 0 Å². The van der Waals surface area contributed by atoms with Crippen LogP contribution in [0.2, 0.25) is 0 Å². The number of hydrogen-bond acceptors (Lipinski definition) is 5. The van der Waals surface area contributed by atoms with Gasteiger partial charge in [0.05, 0.1) is 6.04 Å².